The predicted molar refractivity (Wildman–Crippen MR) is 62.3 cm³/mol. The fourth-order valence-electron chi connectivity index (χ4n) is 1.73. The average Bonchev–Trinajstić information content (AvgIpc) is 2.29. The second-order valence-electron chi connectivity index (χ2n) is 3.95. The first-order valence-corrected chi connectivity index (χ1v) is 5.94. The summed E-state index contributed by atoms with van der Waals surface area (Å²) in [6, 6.07) is -0.751. The molecule has 1 fully saturated rings. The number of nitrogens with one attached hydrogen (secondary N) is 2. The summed E-state index contributed by atoms with van der Waals surface area (Å²) < 4.78 is 0. The summed E-state index contributed by atoms with van der Waals surface area (Å²) in [4.78, 5) is 46.9. The number of rotatable bonds is 5. The molecule has 1 aliphatic heterocycles. The molecule has 1 unspecified atom stereocenters. The van der Waals surface area contributed by atoms with Crippen LogP contribution >= 0.6 is 0 Å². The van der Waals surface area contributed by atoms with Crippen LogP contribution in [0.2, 0.25) is 0 Å². The van der Waals surface area contributed by atoms with Crippen molar-refractivity contribution in [3.8, 4) is 0 Å². The Labute approximate surface area is 105 Å². The zero-order chi connectivity index (χ0) is 13.7. The van der Waals surface area contributed by atoms with Gasteiger partial charge in [0.1, 0.15) is 5.92 Å². The van der Waals surface area contributed by atoms with Gasteiger partial charge in [0.2, 0.25) is 17.7 Å². The molecule has 0 bridgehead atoms. The van der Waals surface area contributed by atoms with Crippen LogP contribution in [-0.4, -0.2) is 41.7 Å². The van der Waals surface area contributed by atoms with Gasteiger partial charge in [0, 0.05) is 19.5 Å². The van der Waals surface area contributed by atoms with Gasteiger partial charge in [-0.2, -0.15) is 0 Å². The molecule has 1 heterocycles. The molecule has 18 heavy (non-hydrogen) atoms. The van der Waals surface area contributed by atoms with E-state index >= 15 is 0 Å². The van der Waals surface area contributed by atoms with Crippen molar-refractivity contribution < 1.29 is 19.2 Å². The first-order chi connectivity index (χ1) is 8.51. The van der Waals surface area contributed by atoms with Gasteiger partial charge in [0.05, 0.1) is 0 Å². The van der Waals surface area contributed by atoms with Crippen LogP contribution in [0, 0.1) is 5.92 Å². The van der Waals surface area contributed by atoms with Crippen LogP contribution in [0.15, 0.2) is 0 Å². The van der Waals surface area contributed by atoms with E-state index in [1.165, 1.54) is 0 Å². The van der Waals surface area contributed by atoms with Crippen molar-refractivity contribution in [3.63, 3.8) is 0 Å². The van der Waals surface area contributed by atoms with Crippen LogP contribution in [0.5, 0.6) is 0 Å². The number of hydrogen-bond donors (Lipinski definition) is 2. The Morgan fingerprint density at radius 1 is 1.33 bits per heavy atom. The van der Waals surface area contributed by atoms with Crippen molar-refractivity contribution >= 4 is 23.8 Å². The van der Waals surface area contributed by atoms with Gasteiger partial charge in [-0.1, -0.05) is 6.92 Å². The first-order valence-electron chi connectivity index (χ1n) is 5.94. The molecule has 0 saturated carbocycles. The topological polar surface area (TPSA) is 95.6 Å². The average molecular weight is 255 g/mol. The molecule has 7 heteroatoms. The molecule has 0 aromatic carbocycles. The minimum absolute atomic E-state index is 0.0136. The molecule has 1 aliphatic rings. The largest absolute Gasteiger partial charge is 0.356 e. The zero-order valence-electron chi connectivity index (χ0n) is 10.5. The number of hydrogen-bond acceptors (Lipinski definition) is 4. The normalized spacial score (nSPS) is 19.8. The molecule has 100 valence electrons. The molecule has 1 saturated heterocycles. The SMILES string of the molecule is CCNC(=O)CCN1C(=O)NC(=O)C(CC)C1=O. The van der Waals surface area contributed by atoms with Crippen molar-refractivity contribution in [2.75, 3.05) is 13.1 Å². The lowest BCUT2D eigenvalue weighted by Gasteiger charge is -2.29. The zero-order valence-corrected chi connectivity index (χ0v) is 10.5. The summed E-state index contributed by atoms with van der Waals surface area (Å²) in [5, 5.41) is 4.69. The van der Waals surface area contributed by atoms with Crippen LogP contribution in [-0.2, 0) is 14.4 Å². The Morgan fingerprint density at radius 2 is 2.00 bits per heavy atom. The van der Waals surface area contributed by atoms with E-state index in [4.69, 9.17) is 0 Å². The summed E-state index contributed by atoms with van der Waals surface area (Å²) in [7, 11) is 0. The maximum absolute atomic E-state index is 11.9. The van der Waals surface area contributed by atoms with Crippen LogP contribution in [0.1, 0.15) is 26.7 Å². The van der Waals surface area contributed by atoms with Crippen LogP contribution in [0.3, 0.4) is 0 Å². The number of nitrogens with zero attached hydrogens (tertiary/aromatic N) is 1. The fraction of sp³-hybridized carbons (Fsp3) is 0.636. The fourth-order valence-corrected chi connectivity index (χ4v) is 1.73. The summed E-state index contributed by atoms with van der Waals surface area (Å²) in [5.74, 6) is -2.17. The van der Waals surface area contributed by atoms with Gasteiger partial charge in [0.15, 0.2) is 0 Å². The highest BCUT2D eigenvalue weighted by molar-refractivity contribution is 6.16. The monoisotopic (exact) mass is 255 g/mol. The summed E-state index contributed by atoms with van der Waals surface area (Å²) in [5.41, 5.74) is 0. The van der Waals surface area contributed by atoms with E-state index in [1.54, 1.807) is 13.8 Å². The second kappa shape index (κ2) is 6.13. The van der Waals surface area contributed by atoms with Gasteiger partial charge in [-0.25, -0.2) is 4.79 Å². The smallest absolute Gasteiger partial charge is 0.330 e. The number of carbonyl (C=O) groups is 4. The Hall–Kier alpha value is -1.92. The van der Waals surface area contributed by atoms with Gasteiger partial charge in [-0.05, 0) is 13.3 Å². The summed E-state index contributed by atoms with van der Waals surface area (Å²) in [6.07, 6.45) is 0.368. The van der Waals surface area contributed by atoms with Crippen molar-refractivity contribution in [1.82, 2.24) is 15.5 Å². The maximum Gasteiger partial charge on any atom is 0.330 e. The van der Waals surface area contributed by atoms with Crippen molar-refractivity contribution in [1.29, 1.82) is 0 Å². The first kappa shape index (κ1) is 14.1. The lowest BCUT2D eigenvalue weighted by atomic mass is 10.0. The number of barbiturate groups is 1. The Morgan fingerprint density at radius 3 is 2.56 bits per heavy atom. The molecular formula is C11H17N3O4. The standard InChI is InChI=1S/C11H17N3O4/c1-3-7-9(16)13-11(18)14(10(7)17)6-5-8(15)12-4-2/h7H,3-6H2,1-2H3,(H,12,15)(H,13,16,18). The van der Waals surface area contributed by atoms with Crippen molar-refractivity contribution in [2.24, 2.45) is 5.92 Å². The van der Waals surface area contributed by atoms with Gasteiger partial charge in [0.25, 0.3) is 0 Å². The van der Waals surface area contributed by atoms with Crippen molar-refractivity contribution in [2.45, 2.75) is 26.7 Å². The molecule has 5 amide bonds. The highest BCUT2D eigenvalue weighted by Crippen LogP contribution is 2.13. The van der Waals surface area contributed by atoms with Crippen LogP contribution < -0.4 is 10.6 Å². The van der Waals surface area contributed by atoms with Crippen LogP contribution in [0.25, 0.3) is 0 Å². The third kappa shape index (κ3) is 3.06. The predicted octanol–water partition coefficient (Wildman–Crippen LogP) is -0.383. The number of urea groups is 1. The third-order valence-corrected chi connectivity index (χ3v) is 2.70. The minimum Gasteiger partial charge on any atom is -0.356 e. The summed E-state index contributed by atoms with van der Waals surface area (Å²) >= 11 is 0. The molecule has 7 nitrogen and oxygen atoms in total. The number of carbonyl (C=O) groups excluding carboxylic acids is 4. The molecule has 0 radical (unpaired) electrons. The lowest BCUT2D eigenvalue weighted by Crippen LogP contribution is -2.58. The van der Waals surface area contributed by atoms with Gasteiger partial charge in [-0.15, -0.1) is 0 Å². The van der Waals surface area contributed by atoms with Crippen LogP contribution in [0.4, 0.5) is 4.79 Å². The van der Waals surface area contributed by atoms with Gasteiger partial charge < -0.3 is 5.32 Å². The Bertz CT molecular complexity index is 380. The number of imide groups is 2. The molecule has 0 aromatic heterocycles. The van der Waals surface area contributed by atoms with E-state index < -0.39 is 23.8 Å². The highest BCUT2D eigenvalue weighted by atomic mass is 16.2. The maximum atomic E-state index is 11.9. The van der Waals surface area contributed by atoms with E-state index in [1.807, 2.05) is 0 Å². The number of amides is 5. The van der Waals surface area contributed by atoms with E-state index in [-0.39, 0.29) is 18.9 Å². The van der Waals surface area contributed by atoms with E-state index in [0.717, 1.165) is 4.90 Å². The Balaban J connectivity index is 2.63. The van der Waals surface area contributed by atoms with Crippen molar-refractivity contribution in [3.05, 3.63) is 0 Å². The van der Waals surface area contributed by atoms with Gasteiger partial charge >= 0.3 is 6.03 Å². The Kier molecular flexibility index (Phi) is 4.82. The second-order valence-corrected chi connectivity index (χ2v) is 3.95. The quantitative estimate of drug-likeness (QED) is 0.654. The molecule has 1 atom stereocenters. The molecule has 1 rings (SSSR count). The highest BCUT2D eigenvalue weighted by Gasteiger charge is 2.38. The van der Waals surface area contributed by atoms with E-state index in [2.05, 4.69) is 10.6 Å². The molecule has 2 N–H and O–H groups in total. The summed E-state index contributed by atoms with van der Waals surface area (Å²) in [6.45, 7) is 3.96. The molecular weight excluding hydrogens is 238 g/mol. The lowest BCUT2D eigenvalue weighted by molar-refractivity contribution is -0.142. The minimum atomic E-state index is -0.836. The molecule has 0 spiro atoms. The van der Waals surface area contributed by atoms with Gasteiger partial charge in [-0.3, -0.25) is 24.6 Å². The third-order valence-electron chi connectivity index (χ3n) is 2.70. The molecule has 0 aromatic rings. The van der Waals surface area contributed by atoms with E-state index in [9.17, 15) is 19.2 Å². The molecule has 0 aliphatic carbocycles. The van der Waals surface area contributed by atoms with E-state index in [0.29, 0.717) is 13.0 Å².